The van der Waals surface area contributed by atoms with Crippen LogP contribution in [0.2, 0.25) is 0 Å². The van der Waals surface area contributed by atoms with Crippen LogP contribution in [0.3, 0.4) is 0 Å². The van der Waals surface area contributed by atoms with E-state index in [0.29, 0.717) is 41.4 Å². The summed E-state index contributed by atoms with van der Waals surface area (Å²) in [7, 11) is 0.671. The fourth-order valence-electron chi connectivity index (χ4n) is 4.61. The molecule has 1 heterocycles. The molecule has 0 aliphatic rings. The first-order valence-corrected chi connectivity index (χ1v) is 14.1. The number of sulfonamides is 1. The molecule has 3 aromatic rings. The summed E-state index contributed by atoms with van der Waals surface area (Å²) in [6.07, 6.45) is 2.07. The molecule has 212 valence electrons. The number of benzene rings is 2. The van der Waals surface area contributed by atoms with E-state index in [2.05, 4.69) is 0 Å². The number of carbonyl (C=O) groups is 1. The van der Waals surface area contributed by atoms with Crippen molar-refractivity contribution in [1.29, 1.82) is 0 Å². The minimum absolute atomic E-state index is 0.0433. The molecule has 0 saturated carbocycles. The summed E-state index contributed by atoms with van der Waals surface area (Å²) in [5, 5.41) is 0. The summed E-state index contributed by atoms with van der Waals surface area (Å²) in [5.41, 5.74) is 3.20. The van der Waals surface area contributed by atoms with E-state index in [1.165, 1.54) is 11.4 Å². The van der Waals surface area contributed by atoms with Crippen LogP contribution in [0.15, 0.2) is 58.0 Å². The van der Waals surface area contributed by atoms with Gasteiger partial charge in [0.15, 0.2) is 11.5 Å². The van der Waals surface area contributed by atoms with E-state index in [9.17, 15) is 13.2 Å². The van der Waals surface area contributed by atoms with Gasteiger partial charge in [-0.05, 0) is 68.1 Å². The SMILES string of the molecule is COCCN(CC(=O)N(CCc1ccc(OC)c(OC)c1)Cc1ccco1)S(=O)(=O)c1c(C)cc(C)cc1C. The Kier molecular flexibility index (Phi) is 10.6. The molecule has 1 aromatic heterocycles. The van der Waals surface area contributed by atoms with E-state index < -0.39 is 10.0 Å². The molecule has 3 rings (SSSR count). The van der Waals surface area contributed by atoms with Crippen molar-refractivity contribution >= 4 is 15.9 Å². The van der Waals surface area contributed by atoms with Crippen molar-refractivity contribution in [2.75, 3.05) is 47.6 Å². The zero-order chi connectivity index (χ0) is 28.6. The molecule has 0 unspecified atom stereocenters. The second kappa shape index (κ2) is 13.6. The zero-order valence-corrected chi connectivity index (χ0v) is 24.3. The van der Waals surface area contributed by atoms with Gasteiger partial charge >= 0.3 is 0 Å². The molecule has 0 radical (unpaired) electrons. The van der Waals surface area contributed by atoms with E-state index >= 15 is 0 Å². The van der Waals surface area contributed by atoms with E-state index in [1.807, 2.05) is 37.3 Å². The Hall–Kier alpha value is -3.34. The minimum Gasteiger partial charge on any atom is -0.493 e. The molecule has 0 aliphatic heterocycles. The van der Waals surface area contributed by atoms with Gasteiger partial charge in [-0.3, -0.25) is 4.79 Å². The van der Waals surface area contributed by atoms with E-state index in [0.717, 1.165) is 11.1 Å². The number of nitrogens with zero attached hydrogens (tertiary/aromatic N) is 2. The number of rotatable bonds is 14. The number of hydrogen-bond donors (Lipinski definition) is 0. The lowest BCUT2D eigenvalue weighted by atomic mass is 10.1. The summed E-state index contributed by atoms with van der Waals surface area (Å²) in [6.45, 7) is 5.89. The molecular formula is C29H38N2O7S. The number of carbonyl (C=O) groups excluding carboxylic acids is 1. The lowest BCUT2D eigenvalue weighted by Gasteiger charge is -2.28. The summed E-state index contributed by atoms with van der Waals surface area (Å²) < 4.78 is 50.3. The van der Waals surface area contributed by atoms with Gasteiger partial charge in [-0.15, -0.1) is 0 Å². The second-order valence-electron chi connectivity index (χ2n) is 9.39. The molecule has 0 bridgehead atoms. The van der Waals surface area contributed by atoms with Crippen LogP contribution in [0.4, 0.5) is 0 Å². The van der Waals surface area contributed by atoms with Gasteiger partial charge in [0.2, 0.25) is 15.9 Å². The van der Waals surface area contributed by atoms with Crippen LogP contribution in [0.5, 0.6) is 11.5 Å². The second-order valence-corrected chi connectivity index (χ2v) is 11.3. The van der Waals surface area contributed by atoms with Crippen LogP contribution >= 0.6 is 0 Å². The summed E-state index contributed by atoms with van der Waals surface area (Å²) in [5.74, 6) is 1.48. The molecule has 0 spiro atoms. The van der Waals surface area contributed by atoms with Crippen LogP contribution < -0.4 is 9.47 Å². The maximum absolute atomic E-state index is 13.8. The fourth-order valence-corrected chi connectivity index (χ4v) is 6.40. The van der Waals surface area contributed by atoms with Crippen molar-refractivity contribution in [3.05, 3.63) is 76.7 Å². The van der Waals surface area contributed by atoms with Crippen LogP contribution in [-0.4, -0.2) is 71.1 Å². The average Bonchev–Trinajstić information content (AvgIpc) is 3.40. The number of aryl methyl sites for hydroxylation is 3. The van der Waals surface area contributed by atoms with Gasteiger partial charge < -0.3 is 23.5 Å². The highest BCUT2D eigenvalue weighted by Gasteiger charge is 2.31. The molecule has 0 aliphatic carbocycles. The maximum atomic E-state index is 13.8. The lowest BCUT2D eigenvalue weighted by Crippen LogP contribution is -2.44. The largest absolute Gasteiger partial charge is 0.493 e. The number of methoxy groups -OCH3 is 3. The van der Waals surface area contributed by atoms with E-state index in [4.69, 9.17) is 18.6 Å². The van der Waals surface area contributed by atoms with Gasteiger partial charge in [0.1, 0.15) is 5.76 Å². The van der Waals surface area contributed by atoms with Crippen LogP contribution in [0.1, 0.15) is 28.0 Å². The van der Waals surface area contributed by atoms with Gasteiger partial charge in [-0.25, -0.2) is 8.42 Å². The first kappa shape index (κ1) is 30.2. The van der Waals surface area contributed by atoms with Crippen LogP contribution in [0, 0.1) is 20.8 Å². The Bertz CT molecular complexity index is 1330. The van der Waals surface area contributed by atoms with Crippen molar-refractivity contribution in [3.63, 3.8) is 0 Å². The minimum atomic E-state index is -3.97. The highest BCUT2D eigenvalue weighted by molar-refractivity contribution is 7.89. The Morgan fingerprint density at radius 3 is 2.21 bits per heavy atom. The monoisotopic (exact) mass is 558 g/mol. The molecule has 1 amide bonds. The Labute approximate surface area is 231 Å². The summed E-state index contributed by atoms with van der Waals surface area (Å²) >= 11 is 0. The predicted octanol–water partition coefficient (Wildman–Crippen LogP) is 4.13. The number of amides is 1. The first-order chi connectivity index (χ1) is 18.6. The molecule has 2 aromatic carbocycles. The molecule has 39 heavy (non-hydrogen) atoms. The number of hydrogen-bond acceptors (Lipinski definition) is 7. The summed E-state index contributed by atoms with van der Waals surface area (Å²) in [4.78, 5) is 15.5. The lowest BCUT2D eigenvalue weighted by molar-refractivity contribution is -0.132. The van der Waals surface area contributed by atoms with Crippen molar-refractivity contribution < 1.29 is 31.8 Å². The molecular weight excluding hydrogens is 520 g/mol. The highest BCUT2D eigenvalue weighted by atomic mass is 32.2. The maximum Gasteiger partial charge on any atom is 0.244 e. The normalized spacial score (nSPS) is 11.6. The smallest absolute Gasteiger partial charge is 0.244 e. The quantitative estimate of drug-likeness (QED) is 0.293. The molecule has 0 atom stereocenters. The van der Waals surface area contributed by atoms with E-state index in [-0.39, 0.29) is 37.0 Å². The van der Waals surface area contributed by atoms with Crippen molar-refractivity contribution in [2.45, 2.75) is 38.6 Å². The first-order valence-electron chi connectivity index (χ1n) is 12.7. The van der Waals surface area contributed by atoms with Gasteiger partial charge in [-0.1, -0.05) is 23.8 Å². The third-order valence-corrected chi connectivity index (χ3v) is 8.61. The molecule has 9 nitrogen and oxygen atoms in total. The zero-order valence-electron chi connectivity index (χ0n) is 23.5. The van der Waals surface area contributed by atoms with Gasteiger partial charge in [0.05, 0.1) is 45.1 Å². The third-order valence-electron chi connectivity index (χ3n) is 6.46. The molecule has 10 heteroatoms. The van der Waals surface area contributed by atoms with Gasteiger partial charge in [0, 0.05) is 20.2 Å². The van der Waals surface area contributed by atoms with Crippen molar-refractivity contribution in [1.82, 2.24) is 9.21 Å². The average molecular weight is 559 g/mol. The molecule has 0 N–H and O–H groups in total. The number of ether oxygens (including phenoxy) is 3. The van der Waals surface area contributed by atoms with Gasteiger partial charge in [-0.2, -0.15) is 4.31 Å². The highest BCUT2D eigenvalue weighted by Crippen LogP contribution is 2.28. The fraction of sp³-hybridized carbons (Fsp3) is 0.414. The van der Waals surface area contributed by atoms with E-state index in [1.54, 1.807) is 51.4 Å². The Morgan fingerprint density at radius 1 is 0.923 bits per heavy atom. The predicted molar refractivity (Wildman–Crippen MR) is 149 cm³/mol. The van der Waals surface area contributed by atoms with Crippen molar-refractivity contribution in [2.24, 2.45) is 0 Å². The Balaban J connectivity index is 1.88. The molecule has 0 fully saturated rings. The van der Waals surface area contributed by atoms with Crippen LogP contribution in [-0.2, 0) is 32.5 Å². The standard InChI is InChI=1S/C29H38N2O7S/c1-21-16-22(2)29(23(3)17-21)39(33,34)31(13-15-35-4)20-28(32)30(19-25-8-7-14-38-25)12-11-24-9-10-26(36-5)27(18-24)37-6/h7-10,14,16-18H,11-13,15,19-20H2,1-6H3. The van der Waals surface area contributed by atoms with Gasteiger partial charge in [0.25, 0.3) is 0 Å². The Morgan fingerprint density at radius 2 is 1.62 bits per heavy atom. The number of furan rings is 1. The van der Waals surface area contributed by atoms with Crippen LogP contribution in [0.25, 0.3) is 0 Å². The molecule has 0 saturated heterocycles. The van der Waals surface area contributed by atoms with Crippen molar-refractivity contribution in [3.8, 4) is 11.5 Å². The topological polar surface area (TPSA) is 98.5 Å². The summed E-state index contributed by atoms with van der Waals surface area (Å²) in [6, 6.07) is 12.8. The third kappa shape index (κ3) is 7.62.